The average molecular weight is 892 g/mol. The SMILES string of the molecule is C=CC(=O)OCCOC(=O)Nc1ccc(C)c(NC(=O)OC(C)COC(=O)Nc2ccc(C)c(NC(=O)N(CCC[Si](OC)(OC)OC)C(CC(=O)OCC)C(=O)OCC)c2)c1. The van der Waals surface area contributed by atoms with Gasteiger partial charge in [0, 0.05) is 62.7 Å². The van der Waals surface area contributed by atoms with Crippen LogP contribution in [0.5, 0.6) is 0 Å². The molecule has 0 radical (unpaired) electrons. The van der Waals surface area contributed by atoms with Gasteiger partial charge in [-0.05, 0) is 76.4 Å². The lowest BCUT2D eigenvalue weighted by Crippen LogP contribution is -2.50. The van der Waals surface area contributed by atoms with E-state index in [1.165, 1.54) is 45.3 Å². The highest BCUT2D eigenvalue weighted by molar-refractivity contribution is 6.60. The summed E-state index contributed by atoms with van der Waals surface area (Å²) in [4.78, 5) is 89.6. The van der Waals surface area contributed by atoms with Gasteiger partial charge < -0.3 is 51.9 Å². The smallest absolute Gasteiger partial charge is 0.466 e. The van der Waals surface area contributed by atoms with Crippen molar-refractivity contribution in [2.75, 3.05) is 82.2 Å². The number of nitrogens with one attached hydrogen (secondary N) is 4. The summed E-state index contributed by atoms with van der Waals surface area (Å²) >= 11 is 0. The van der Waals surface area contributed by atoms with Crippen molar-refractivity contribution >= 4 is 73.8 Å². The van der Waals surface area contributed by atoms with Crippen LogP contribution in [0.4, 0.5) is 41.9 Å². The first kappa shape index (κ1) is 51.9. The van der Waals surface area contributed by atoms with E-state index in [2.05, 4.69) is 27.8 Å². The molecule has 0 saturated carbocycles. The van der Waals surface area contributed by atoms with Crippen LogP contribution in [0.15, 0.2) is 49.1 Å². The molecule has 2 rings (SSSR count). The Morgan fingerprint density at radius 1 is 0.726 bits per heavy atom. The fraction of sp³-hybridized carbons (Fsp3) is 0.475. The summed E-state index contributed by atoms with van der Waals surface area (Å²) in [5.74, 6) is -2.17. The van der Waals surface area contributed by atoms with E-state index in [1.807, 2.05) is 0 Å². The second kappa shape index (κ2) is 26.9. The van der Waals surface area contributed by atoms with Crippen LogP contribution in [-0.2, 0) is 56.1 Å². The molecule has 0 aromatic heterocycles. The number of carbonyl (C=O) groups is 7. The second-order valence-corrected chi connectivity index (χ2v) is 16.1. The number of esters is 3. The number of carbonyl (C=O) groups excluding carboxylic acids is 7. The fourth-order valence-electron chi connectivity index (χ4n) is 5.41. The molecule has 2 aromatic carbocycles. The van der Waals surface area contributed by atoms with Crippen molar-refractivity contribution in [3.8, 4) is 0 Å². The van der Waals surface area contributed by atoms with Crippen molar-refractivity contribution in [2.45, 2.75) is 65.7 Å². The van der Waals surface area contributed by atoms with Gasteiger partial charge >= 0.3 is 51.0 Å². The molecule has 0 aliphatic heterocycles. The lowest BCUT2D eigenvalue weighted by Gasteiger charge is -2.31. The fourth-order valence-corrected chi connectivity index (χ4v) is 7.11. The molecule has 62 heavy (non-hydrogen) atoms. The topological polar surface area (TPSA) is 254 Å². The van der Waals surface area contributed by atoms with Crippen molar-refractivity contribution < 1.29 is 75.3 Å². The number of urea groups is 1. The van der Waals surface area contributed by atoms with Gasteiger partial charge in [-0.15, -0.1) is 0 Å². The van der Waals surface area contributed by atoms with E-state index >= 15 is 0 Å². The maximum Gasteiger partial charge on any atom is 0.500 e. The number of hydrogen-bond acceptors (Lipinski definition) is 16. The Morgan fingerprint density at radius 2 is 1.27 bits per heavy atom. The van der Waals surface area contributed by atoms with Gasteiger partial charge in [0.15, 0.2) is 0 Å². The number of anilines is 4. The molecule has 0 aliphatic carbocycles. The highest BCUT2D eigenvalue weighted by Gasteiger charge is 2.39. The van der Waals surface area contributed by atoms with Crippen LogP contribution < -0.4 is 21.3 Å². The molecule has 0 heterocycles. The van der Waals surface area contributed by atoms with Crippen LogP contribution >= 0.6 is 0 Å². The Morgan fingerprint density at radius 3 is 1.82 bits per heavy atom. The third-order valence-electron chi connectivity index (χ3n) is 8.61. The van der Waals surface area contributed by atoms with Gasteiger partial charge in [-0.1, -0.05) is 18.7 Å². The Labute approximate surface area is 361 Å². The molecular weight excluding hydrogens is 835 g/mol. The molecule has 0 bridgehead atoms. The summed E-state index contributed by atoms with van der Waals surface area (Å²) in [6.45, 7) is 10.7. The molecule has 4 N–H and O–H groups in total. The molecule has 0 saturated heterocycles. The Kier molecular flexibility index (Phi) is 22.5. The predicted octanol–water partition coefficient (Wildman–Crippen LogP) is 5.75. The number of ether oxygens (including phenoxy) is 6. The maximum absolute atomic E-state index is 14.0. The van der Waals surface area contributed by atoms with E-state index in [1.54, 1.807) is 52.0 Å². The van der Waals surface area contributed by atoms with Crippen LogP contribution in [0.1, 0.15) is 44.7 Å². The lowest BCUT2D eigenvalue weighted by molar-refractivity contribution is -0.155. The highest BCUT2D eigenvalue weighted by Crippen LogP contribution is 2.24. The van der Waals surface area contributed by atoms with Crippen LogP contribution in [0.3, 0.4) is 0 Å². The molecular formula is C40H57N5O16Si. The van der Waals surface area contributed by atoms with E-state index < -0.39 is 69.6 Å². The summed E-state index contributed by atoms with van der Waals surface area (Å²) < 4.78 is 47.1. The summed E-state index contributed by atoms with van der Waals surface area (Å²) in [5, 5.41) is 10.4. The van der Waals surface area contributed by atoms with E-state index in [-0.39, 0.29) is 63.4 Å². The van der Waals surface area contributed by atoms with E-state index in [9.17, 15) is 33.6 Å². The van der Waals surface area contributed by atoms with Gasteiger partial charge in [0.05, 0.1) is 19.6 Å². The second-order valence-electron chi connectivity index (χ2n) is 13.1. The van der Waals surface area contributed by atoms with Crippen LogP contribution in [0.2, 0.25) is 6.04 Å². The Bertz CT molecular complexity index is 1850. The van der Waals surface area contributed by atoms with E-state index in [0.717, 1.165) is 6.08 Å². The molecule has 21 nitrogen and oxygen atoms in total. The average Bonchev–Trinajstić information content (AvgIpc) is 3.23. The van der Waals surface area contributed by atoms with Crippen LogP contribution in [0, 0.1) is 13.8 Å². The van der Waals surface area contributed by atoms with Crippen LogP contribution in [0.25, 0.3) is 0 Å². The van der Waals surface area contributed by atoms with Crippen molar-refractivity contribution in [1.82, 2.24) is 4.90 Å². The van der Waals surface area contributed by atoms with Crippen molar-refractivity contribution in [1.29, 1.82) is 0 Å². The summed E-state index contributed by atoms with van der Waals surface area (Å²) in [5.41, 5.74) is 2.32. The van der Waals surface area contributed by atoms with Gasteiger partial charge in [-0.25, -0.2) is 28.8 Å². The van der Waals surface area contributed by atoms with Crippen molar-refractivity contribution in [2.24, 2.45) is 0 Å². The van der Waals surface area contributed by atoms with Crippen molar-refractivity contribution in [3.63, 3.8) is 0 Å². The number of benzene rings is 2. The Balaban J connectivity index is 2.07. The first-order valence-electron chi connectivity index (χ1n) is 19.4. The number of amides is 5. The molecule has 0 aliphatic rings. The number of aryl methyl sites for hydroxylation is 2. The molecule has 0 fully saturated rings. The molecule has 2 unspecified atom stereocenters. The van der Waals surface area contributed by atoms with E-state index in [0.29, 0.717) is 22.5 Å². The normalized spacial score (nSPS) is 11.7. The molecule has 5 amide bonds. The van der Waals surface area contributed by atoms with Gasteiger partial charge in [-0.2, -0.15) is 0 Å². The van der Waals surface area contributed by atoms with Gasteiger partial charge in [0.1, 0.15) is 32.0 Å². The highest BCUT2D eigenvalue weighted by atomic mass is 28.4. The largest absolute Gasteiger partial charge is 0.500 e. The molecule has 0 spiro atoms. The van der Waals surface area contributed by atoms with Gasteiger partial charge in [0.25, 0.3) is 0 Å². The van der Waals surface area contributed by atoms with Gasteiger partial charge in [0.2, 0.25) is 0 Å². The first-order chi connectivity index (χ1) is 29.5. The minimum Gasteiger partial charge on any atom is -0.466 e. The van der Waals surface area contributed by atoms with Gasteiger partial charge in [-0.3, -0.25) is 20.7 Å². The zero-order valence-corrected chi connectivity index (χ0v) is 37.2. The molecule has 22 heteroatoms. The standard InChI is InChI=1S/C40H57N5O16Si/c1-10-34(46)58-19-20-59-38(50)41-30-17-15-27(5)32(23-30)44-40(52)61-28(6)25-60-39(51)42-29-16-14-26(4)31(22-29)43-37(49)45(18-13-21-62(53-7,54-8)55-9)33(36(48)57-12-3)24-35(47)56-11-2/h10,14-17,22-23,28,33H,1,11-13,18-21,24-25H2,2-9H3,(H,41,50)(H,42,51)(H,43,49)(H,44,52). The predicted molar refractivity (Wildman–Crippen MR) is 227 cm³/mol. The summed E-state index contributed by atoms with van der Waals surface area (Å²) in [7, 11) is 1.27. The quantitative estimate of drug-likeness (QED) is 0.0322. The van der Waals surface area contributed by atoms with Crippen molar-refractivity contribution in [3.05, 3.63) is 60.2 Å². The van der Waals surface area contributed by atoms with Crippen LogP contribution in [-0.4, -0.2) is 129 Å². The zero-order chi connectivity index (χ0) is 46.2. The maximum atomic E-state index is 14.0. The third kappa shape index (κ3) is 17.8. The first-order valence-corrected chi connectivity index (χ1v) is 21.4. The zero-order valence-electron chi connectivity index (χ0n) is 36.2. The third-order valence-corrected chi connectivity index (χ3v) is 11.4. The number of nitrogens with zero attached hydrogens (tertiary/aromatic N) is 1. The molecule has 342 valence electrons. The summed E-state index contributed by atoms with van der Waals surface area (Å²) in [6.07, 6.45) is -2.73. The molecule has 2 aromatic rings. The number of hydrogen-bond donors (Lipinski definition) is 4. The van der Waals surface area contributed by atoms with E-state index in [4.69, 9.17) is 41.7 Å². The minimum atomic E-state index is -3.07. The summed E-state index contributed by atoms with van der Waals surface area (Å²) in [6, 6.07) is 7.52. The monoisotopic (exact) mass is 891 g/mol. The molecule has 2 atom stereocenters. The minimum absolute atomic E-state index is 0.00351. The lowest BCUT2D eigenvalue weighted by atomic mass is 10.1. The Hall–Kier alpha value is -6.23. The number of rotatable bonds is 24.